The minimum Gasteiger partial charge on any atom is -0.454 e. The highest BCUT2D eigenvalue weighted by molar-refractivity contribution is 5.63. The first-order chi connectivity index (χ1) is 13.7. The molecule has 0 unspecified atom stereocenters. The average molecular weight is 374 g/mol. The van der Waals surface area contributed by atoms with E-state index in [-0.39, 0.29) is 6.79 Å². The summed E-state index contributed by atoms with van der Waals surface area (Å²) in [5.74, 6) is 2.65. The third-order valence-corrected chi connectivity index (χ3v) is 4.56. The number of pyridine rings is 1. The van der Waals surface area contributed by atoms with Crippen LogP contribution in [0.4, 0.5) is 0 Å². The van der Waals surface area contributed by atoms with E-state index in [0.29, 0.717) is 23.9 Å². The quantitative estimate of drug-likeness (QED) is 0.787. The molecule has 2 aliphatic rings. The van der Waals surface area contributed by atoms with E-state index in [0.717, 1.165) is 33.9 Å². The van der Waals surface area contributed by atoms with Crippen LogP contribution in [-0.2, 0) is 0 Å². The summed E-state index contributed by atoms with van der Waals surface area (Å²) in [5, 5.41) is 5.15. The summed E-state index contributed by atoms with van der Waals surface area (Å²) in [4.78, 5) is 4.80. The van der Waals surface area contributed by atoms with Crippen LogP contribution < -0.4 is 30.0 Å². The fourth-order valence-corrected chi connectivity index (χ4v) is 3.06. The molecule has 0 amide bonds. The molecule has 5 nitrogen and oxygen atoms in total. The topological polar surface area (TPSA) is 52.6 Å². The van der Waals surface area contributed by atoms with E-state index in [2.05, 4.69) is 48.3 Å². The molecule has 142 valence electrons. The van der Waals surface area contributed by atoms with Crippen LogP contribution in [0.25, 0.3) is 17.7 Å². The number of benzene rings is 1. The van der Waals surface area contributed by atoms with Gasteiger partial charge in [-0.05, 0) is 48.5 Å². The number of rotatable bonds is 6. The number of aromatic nitrogens is 1. The Balaban J connectivity index is 1.75. The predicted octanol–water partition coefficient (Wildman–Crippen LogP) is 3.26. The molecular weight excluding hydrogens is 352 g/mol. The van der Waals surface area contributed by atoms with Crippen molar-refractivity contribution >= 4 is 17.7 Å². The Bertz CT molecular complexity index is 1080. The third-order valence-electron chi connectivity index (χ3n) is 4.56. The molecule has 1 N–H and O–H groups in total. The lowest BCUT2D eigenvalue weighted by Gasteiger charge is -2.10. The molecule has 0 saturated heterocycles. The summed E-state index contributed by atoms with van der Waals surface area (Å²) in [6, 6.07) is 7.64. The second-order valence-electron chi connectivity index (χ2n) is 6.47. The Morgan fingerprint density at radius 2 is 2.18 bits per heavy atom. The van der Waals surface area contributed by atoms with E-state index in [4.69, 9.17) is 19.2 Å². The smallest absolute Gasteiger partial charge is 0.231 e. The van der Waals surface area contributed by atoms with Gasteiger partial charge >= 0.3 is 0 Å². The highest BCUT2D eigenvalue weighted by Gasteiger charge is 2.15. The molecular formula is C23H22N2O3. The molecule has 1 aromatic carbocycles. The molecule has 1 aromatic heterocycles. The van der Waals surface area contributed by atoms with Crippen LogP contribution >= 0.6 is 0 Å². The molecule has 0 atom stereocenters. The predicted molar refractivity (Wildman–Crippen MR) is 111 cm³/mol. The lowest BCUT2D eigenvalue weighted by atomic mass is 10.1. The molecule has 5 heteroatoms. The van der Waals surface area contributed by atoms with Crippen LogP contribution in [0.15, 0.2) is 55.3 Å². The van der Waals surface area contributed by atoms with Crippen molar-refractivity contribution in [3.05, 3.63) is 71.4 Å². The van der Waals surface area contributed by atoms with Crippen LogP contribution in [0.1, 0.15) is 19.0 Å². The highest BCUT2D eigenvalue weighted by atomic mass is 16.7. The van der Waals surface area contributed by atoms with Gasteiger partial charge in [0.05, 0.1) is 5.69 Å². The van der Waals surface area contributed by atoms with Crippen molar-refractivity contribution in [2.45, 2.75) is 13.3 Å². The first kappa shape index (κ1) is 17.9. The van der Waals surface area contributed by atoms with Gasteiger partial charge in [0.1, 0.15) is 5.75 Å². The number of allylic oxidation sites excluding steroid dienone is 3. The van der Waals surface area contributed by atoms with Gasteiger partial charge < -0.3 is 19.5 Å². The maximum atomic E-state index is 6.19. The number of nitrogens with one attached hydrogen (secondary N) is 1. The van der Waals surface area contributed by atoms with E-state index in [1.165, 1.54) is 0 Å². The minimum absolute atomic E-state index is 0.235. The van der Waals surface area contributed by atoms with Gasteiger partial charge in [0, 0.05) is 17.8 Å². The molecule has 0 spiro atoms. The van der Waals surface area contributed by atoms with Crippen LogP contribution in [-0.4, -0.2) is 18.3 Å². The second kappa shape index (κ2) is 8.05. The van der Waals surface area contributed by atoms with E-state index in [9.17, 15) is 0 Å². The average Bonchev–Trinajstić information content (AvgIpc) is 3.03. The van der Waals surface area contributed by atoms with Crippen molar-refractivity contribution in [3.8, 4) is 23.1 Å². The molecule has 0 radical (unpaired) electrons. The SMILES string of the molecule is C=CNC/C=C(\C)c1cc2c(c(Oc3ccc4c(c3)OCO4)n1)=CCC=CC=2. The molecule has 1 aliphatic carbocycles. The normalized spacial score (nSPS) is 14.4. The van der Waals surface area contributed by atoms with E-state index >= 15 is 0 Å². The number of hydrogen-bond acceptors (Lipinski definition) is 5. The molecule has 0 fully saturated rings. The van der Waals surface area contributed by atoms with Crippen molar-refractivity contribution in [2.75, 3.05) is 13.3 Å². The highest BCUT2D eigenvalue weighted by Crippen LogP contribution is 2.36. The number of nitrogens with zero attached hydrogens (tertiary/aromatic N) is 1. The van der Waals surface area contributed by atoms with Crippen molar-refractivity contribution < 1.29 is 14.2 Å². The van der Waals surface area contributed by atoms with E-state index in [1.54, 1.807) is 6.20 Å². The van der Waals surface area contributed by atoms with Crippen LogP contribution in [0.5, 0.6) is 23.1 Å². The van der Waals surface area contributed by atoms with Gasteiger partial charge in [-0.2, -0.15) is 0 Å². The number of ether oxygens (including phenoxy) is 3. The van der Waals surface area contributed by atoms with Crippen LogP contribution in [0.2, 0.25) is 0 Å². The van der Waals surface area contributed by atoms with Gasteiger partial charge in [-0.1, -0.05) is 37.0 Å². The lowest BCUT2D eigenvalue weighted by molar-refractivity contribution is 0.174. The fourth-order valence-electron chi connectivity index (χ4n) is 3.06. The molecule has 2 heterocycles. The van der Waals surface area contributed by atoms with Crippen molar-refractivity contribution in [3.63, 3.8) is 0 Å². The molecule has 0 bridgehead atoms. The van der Waals surface area contributed by atoms with Gasteiger partial charge in [0.2, 0.25) is 12.7 Å². The number of fused-ring (bicyclic) bond motifs is 2. The molecule has 0 saturated carbocycles. The Morgan fingerprint density at radius 3 is 3.07 bits per heavy atom. The Hall–Kier alpha value is -3.47. The zero-order valence-corrected chi connectivity index (χ0v) is 15.8. The largest absolute Gasteiger partial charge is 0.454 e. The monoisotopic (exact) mass is 374 g/mol. The maximum Gasteiger partial charge on any atom is 0.231 e. The van der Waals surface area contributed by atoms with Gasteiger partial charge in [-0.25, -0.2) is 4.98 Å². The second-order valence-corrected chi connectivity index (χ2v) is 6.47. The minimum atomic E-state index is 0.235. The first-order valence-electron chi connectivity index (χ1n) is 9.21. The summed E-state index contributed by atoms with van der Waals surface area (Å²) in [5.41, 5.74) is 1.94. The van der Waals surface area contributed by atoms with Gasteiger partial charge in [0.15, 0.2) is 11.5 Å². The Labute approximate surface area is 164 Å². The summed E-state index contributed by atoms with van der Waals surface area (Å²) in [6.07, 6.45) is 13.0. The molecule has 1 aliphatic heterocycles. The summed E-state index contributed by atoms with van der Waals surface area (Å²) >= 11 is 0. The zero-order valence-electron chi connectivity index (χ0n) is 15.8. The molecule has 28 heavy (non-hydrogen) atoms. The van der Waals surface area contributed by atoms with Crippen molar-refractivity contribution in [2.24, 2.45) is 0 Å². The standard InChI is InChI=1S/C23H22N2O3/c1-3-24-12-11-16(2)20-13-17-7-5-4-6-8-19(17)23(25-20)28-18-9-10-21-22(14-18)27-15-26-21/h3-5,7-11,13-14,24H,1,6,12,15H2,2H3/b16-11+. The lowest BCUT2D eigenvalue weighted by Crippen LogP contribution is -2.28. The van der Waals surface area contributed by atoms with Gasteiger partial charge in [0.25, 0.3) is 0 Å². The van der Waals surface area contributed by atoms with Gasteiger partial charge in [-0.15, -0.1) is 0 Å². The van der Waals surface area contributed by atoms with Crippen LogP contribution in [0, 0.1) is 0 Å². The summed E-state index contributed by atoms with van der Waals surface area (Å²) in [7, 11) is 0. The van der Waals surface area contributed by atoms with E-state index in [1.807, 2.05) is 25.1 Å². The Morgan fingerprint density at radius 1 is 1.29 bits per heavy atom. The first-order valence-corrected chi connectivity index (χ1v) is 9.21. The fraction of sp³-hybridized carbons (Fsp3) is 0.174. The summed E-state index contributed by atoms with van der Waals surface area (Å²) in [6.45, 7) is 6.65. The zero-order chi connectivity index (χ0) is 19.3. The Kier molecular flexibility index (Phi) is 5.15. The van der Waals surface area contributed by atoms with Crippen LogP contribution in [0.3, 0.4) is 0 Å². The van der Waals surface area contributed by atoms with Gasteiger partial charge in [-0.3, -0.25) is 0 Å². The molecule has 2 aromatic rings. The number of hydrogen-bond donors (Lipinski definition) is 1. The maximum absolute atomic E-state index is 6.19. The molecule has 4 rings (SSSR count). The van der Waals surface area contributed by atoms with Crippen molar-refractivity contribution in [1.29, 1.82) is 0 Å². The summed E-state index contributed by atoms with van der Waals surface area (Å²) < 4.78 is 17.0. The van der Waals surface area contributed by atoms with Crippen molar-refractivity contribution in [1.82, 2.24) is 10.3 Å². The van der Waals surface area contributed by atoms with E-state index < -0.39 is 0 Å². The third kappa shape index (κ3) is 3.78.